The van der Waals surface area contributed by atoms with E-state index in [1.807, 2.05) is 23.6 Å². The van der Waals surface area contributed by atoms with Gasteiger partial charge in [-0.3, -0.25) is 4.79 Å². The molecular formula is C20H16O4S. The normalized spacial score (nSPS) is 10.4. The predicted octanol–water partition coefficient (Wildman–Crippen LogP) is 4.55. The molecule has 3 rings (SSSR count). The van der Waals surface area contributed by atoms with Gasteiger partial charge in [0, 0.05) is 22.4 Å². The molecule has 1 N–H and O–H groups in total. The number of carboxylic acids is 1. The maximum absolute atomic E-state index is 12.6. The highest BCUT2D eigenvalue weighted by Gasteiger charge is 2.13. The molecule has 0 amide bonds. The SMILES string of the molecule is COc1ccc(C(=O)Cc2ccc(C(=O)O)cc2)cc1-c1cccs1. The number of methoxy groups -OCH3 is 1. The van der Waals surface area contributed by atoms with Gasteiger partial charge in [-0.25, -0.2) is 4.79 Å². The Hall–Kier alpha value is -2.92. The van der Waals surface area contributed by atoms with Gasteiger partial charge in [0.15, 0.2) is 5.78 Å². The molecule has 0 aliphatic heterocycles. The molecule has 2 aromatic carbocycles. The largest absolute Gasteiger partial charge is 0.496 e. The third-order valence-corrected chi connectivity index (χ3v) is 4.78. The van der Waals surface area contributed by atoms with Crippen LogP contribution in [-0.4, -0.2) is 24.0 Å². The fraction of sp³-hybridized carbons (Fsp3) is 0.100. The summed E-state index contributed by atoms with van der Waals surface area (Å²) < 4.78 is 5.40. The van der Waals surface area contributed by atoms with E-state index in [0.717, 1.165) is 21.8 Å². The summed E-state index contributed by atoms with van der Waals surface area (Å²) in [6, 6.07) is 15.7. The first-order chi connectivity index (χ1) is 12.1. The van der Waals surface area contributed by atoms with Gasteiger partial charge < -0.3 is 9.84 Å². The zero-order valence-electron chi connectivity index (χ0n) is 13.6. The van der Waals surface area contributed by atoms with Gasteiger partial charge in [-0.1, -0.05) is 18.2 Å². The molecule has 1 heterocycles. The van der Waals surface area contributed by atoms with Crippen molar-refractivity contribution in [2.24, 2.45) is 0 Å². The standard InChI is InChI=1S/C20H16O4S/c1-24-18-9-8-15(12-16(18)19-3-2-10-25-19)17(21)11-13-4-6-14(7-5-13)20(22)23/h2-10,12H,11H2,1H3,(H,22,23). The highest BCUT2D eigenvalue weighted by atomic mass is 32.1. The molecule has 0 unspecified atom stereocenters. The van der Waals surface area contributed by atoms with Crippen LogP contribution in [0.3, 0.4) is 0 Å². The second-order valence-electron chi connectivity index (χ2n) is 5.49. The summed E-state index contributed by atoms with van der Waals surface area (Å²) in [6.07, 6.45) is 0.218. The monoisotopic (exact) mass is 352 g/mol. The van der Waals surface area contributed by atoms with Gasteiger partial charge in [0.05, 0.1) is 12.7 Å². The van der Waals surface area contributed by atoms with Crippen LogP contribution in [0, 0.1) is 0 Å². The Morgan fingerprint density at radius 1 is 1.04 bits per heavy atom. The number of carboxylic acid groups (broad SMARTS) is 1. The smallest absolute Gasteiger partial charge is 0.335 e. The summed E-state index contributed by atoms with van der Waals surface area (Å²) in [5.41, 5.74) is 2.49. The van der Waals surface area contributed by atoms with E-state index in [2.05, 4.69) is 0 Å². The molecule has 0 fully saturated rings. The van der Waals surface area contributed by atoms with Crippen LogP contribution in [0.25, 0.3) is 10.4 Å². The van der Waals surface area contributed by atoms with Crippen molar-refractivity contribution in [3.8, 4) is 16.2 Å². The average Bonchev–Trinajstić information content (AvgIpc) is 3.16. The Kier molecular flexibility index (Phi) is 4.95. The topological polar surface area (TPSA) is 63.6 Å². The molecule has 0 aliphatic rings. The van der Waals surface area contributed by atoms with E-state index < -0.39 is 5.97 Å². The molecular weight excluding hydrogens is 336 g/mol. The zero-order valence-corrected chi connectivity index (χ0v) is 14.4. The minimum absolute atomic E-state index is 0.0245. The van der Waals surface area contributed by atoms with Crippen molar-refractivity contribution < 1.29 is 19.4 Å². The lowest BCUT2D eigenvalue weighted by molar-refractivity contribution is 0.0696. The van der Waals surface area contributed by atoms with Crippen molar-refractivity contribution >= 4 is 23.1 Å². The lowest BCUT2D eigenvalue weighted by Gasteiger charge is -2.09. The number of carbonyl (C=O) groups excluding carboxylic acids is 1. The Morgan fingerprint density at radius 3 is 2.36 bits per heavy atom. The number of rotatable bonds is 6. The van der Waals surface area contributed by atoms with Crippen molar-refractivity contribution in [1.29, 1.82) is 0 Å². The van der Waals surface area contributed by atoms with Crippen LogP contribution in [0.4, 0.5) is 0 Å². The van der Waals surface area contributed by atoms with E-state index in [4.69, 9.17) is 9.84 Å². The molecule has 126 valence electrons. The molecule has 1 aromatic heterocycles. The van der Waals surface area contributed by atoms with Gasteiger partial charge >= 0.3 is 5.97 Å². The van der Waals surface area contributed by atoms with E-state index in [1.165, 1.54) is 12.1 Å². The first kappa shape index (κ1) is 16.9. The van der Waals surface area contributed by atoms with Gasteiger partial charge in [0.2, 0.25) is 0 Å². The number of ether oxygens (including phenoxy) is 1. The van der Waals surface area contributed by atoms with E-state index in [1.54, 1.807) is 42.7 Å². The Morgan fingerprint density at radius 2 is 1.76 bits per heavy atom. The number of ketones is 1. The maximum atomic E-state index is 12.6. The fourth-order valence-corrected chi connectivity index (χ4v) is 3.31. The van der Waals surface area contributed by atoms with Crippen LogP contribution < -0.4 is 4.74 Å². The lowest BCUT2D eigenvalue weighted by Crippen LogP contribution is -2.05. The molecule has 0 radical (unpaired) electrons. The van der Waals surface area contributed by atoms with Crippen LogP contribution >= 0.6 is 11.3 Å². The van der Waals surface area contributed by atoms with E-state index in [0.29, 0.717) is 5.56 Å². The zero-order chi connectivity index (χ0) is 17.8. The number of carbonyl (C=O) groups is 2. The lowest BCUT2D eigenvalue weighted by atomic mass is 9.99. The predicted molar refractivity (Wildman–Crippen MR) is 97.7 cm³/mol. The van der Waals surface area contributed by atoms with Gasteiger partial charge in [0.25, 0.3) is 0 Å². The third kappa shape index (κ3) is 3.78. The van der Waals surface area contributed by atoms with Crippen LogP contribution in [0.5, 0.6) is 5.75 Å². The van der Waals surface area contributed by atoms with E-state index in [9.17, 15) is 9.59 Å². The summed E-state index contributed by atoms with van der Waals surface area (Å²) in [4.78, 5) is 24.5. The number of thiophene rings is 1. The van der Waals surface area contributed by atoms with Crippen LogP contribution in [0.15, 0.2) is 60.0 Å². The number of hydrogen-bond donors (Lipinski definition) is 1. The molecule has 0 aliphatic carbocycles. The minimum Gasteiger partial charge on any atom is -0.496 e. The highest BCUT2D eigenvalue weighted by molar-refractivity contribution is 7.13. The number of aromatic carboxylic acids is 1. The molecule has 25 heavy (non-hydrogen) atoms. The van der Waals surface area contributed by atoms with Gasteiger partial charge in [-0.15, -0.1) is 11.3 Å². The summed E-state index contributed by atoms with van der Waals surface area (Å²) in [5, 5.41) is 10.9. The molecule has 0 saturated carbocycles. The fourth-order valence-electron chi connectivity index (χ4n) is 2.56. The van der Waals surface area contributed by atoms with Crippen molar-refractivity contribution in [1.82, 2.24) is 0 Å². The van der Waals surface area contributed by atoms with Crippen LogP contribution in [-0.2, 0) is 6.42 Å². The Bertz CT molecular complexity index is 896. The summed E-state index contributed by atoms with van der Waals surface area (Å²) in [5.74, 6) is -0.276. The maximum Gasteiger partial charge on any atom is 0.335 e. The van der Waals surface area contributed by atoms with Crippen molar-refractivity contribution in [3.05, 3.63) is 76.7 Å². The molecule has 3 aromatic rings. The average molecular weight is 352 g/mol. The van der Waals surface area contributed by atoms with Crippen LogP contribution in [0.2, 0.25) is 0 Å². The summed E-state index contributed by atoms with van der Waals surface area (Å²) >= 11 is 1.59. The van der Waals surface area contributed by atoms with Crippen molar-refractivity contribution in [3.63, 3.8) is 0 Å². The molecule has 0 bridgehead atoms. The quantitative estimate of drug-likeness (QED) is 0.661. The Balaban J connectivity index is 1.85. The van der Waals surface area contributed by atoms with Crippen LogP contribution in [0.1, 0.15) is 26.3 Å². The van der Waals surface area contributed by atoms with E-state index in [-0.39, 0.29) is 17.8 Å². The molecule has 5 heteroatoms. The van der Waals surface area contributed by atoms with Gasteiger partial charge in [-0.05, 0) is 47.3 Å². The first-order valence-electron chi connectivity index (χ1n) is 7.66. The van der Waals surface area contributed by atoms with Gasteiger partial charge in [0.1, 0.15) is 5.75 Å². The summed E-state index contributed by atoms with van der Waals surface area (Å²) in [6.45, 7) is 0. The van der Waals surface area contributed by atoms with Crippen molar-refractivity contribution in [2.45, 2.75) is 6.42 Å². The minimum atomic E-state index is -0.978. The number of Topliss-reactive ketones (excluding diaryl/α,β-unsaturated/α-hetero) is 1. The van der Waals surface area contributed by atoms with Crippen molar-refractivity contribution in [2.75, 3.05) is 7.11 Å². The molecule has 0 spiro atoms. The third-order valence-electron chi connectivity index (χ3n) is 3.87. The first-order valence-corrected chi connectivity index (χ1v) is 8.54. The second kappa shape index (κ2) is 7.32. The Labute approximate surface area is 149 Å². The van der Waals surface area contributed by atoms with Gasteiger partial charge in [-0.2, -0.15) is 0 Å². The number of hydrogen-bond acceptors (Lipinski definition) is 4. The second-order valence-corrected chi connectivity index (χ2v) is 6.44. The molecule has 0 saturated heterocycles. The summed E-state index contributed by atoms with van der Waals surface area (Å²) in [7, 11) is 1.61. The molecule has 4 nitrogen and oxygen atoms in total. The van der Waals surface area contributed by atoms with E-state index >= 15 is 0 Å². The highest BCUT2D eigenvalue weighted by Crippen LogP contribution is 2.34. The molecule has 0 atom stereocenters. The number of benzene rings is 2.